The third kappa shape index (κ3) is 3.03. The molecule has 0 unspecified atom stereocenters. The molecule has 2 heteroatoms. The van der Waals surface area contributed by atoms with Crippen molar-refractivity contribution in [3.63, 3.8) is 0 Å². The topological polar surface area (TPSA) is 29.4 Å². The fraction of sp³-hybridized carbons (Fsp3) is 0.0625. The zero-order chi connectivity index (χ0) is 12.8. The summed E-state index contributed by atoms with van der Waals surface area (Å²) in [6.07, 6.45) is 5.54. The summed E-state index contributed by atoms with van der Waals surface area (Å²) in [7, 11) is 0. The number of benzene rings is 2. The minimum Gasteiger partial charge on any atom is -0.211 e. The fourth-order valence-electron chi connectivity index (χ4n) is 1.71. The summed E-state index contributed by atoms with van der Waals surface area (Å²) < 4.78 is 0. The summed E-state index contributed by atoms with van der Waals surface area (Å²) in [5.41, 5.74) is 3.80. The zero-order valence-corrected chi connectivity index (χ0v) is 10.1. The van der Waals surface area contributed by atoms with Crippen molar-refractivity contribution >= 4 is 23.9 Å². The number of hydrogen-bond donors (Lipinski definition) is 0. The zero-order valence-electron chi connectivity index (χ0n) is 10.1. The van der Waals surface area contributed by atoms with E-state index in [2.05, 4.69) is 4.99 Å². The first-order chi connectivity index (χ1) is 8.79. The average Bonchev–Trinajstić information content (AvgIpc) is 2.40. The minimum atomic E-state index is 0.641. The van der Waals surface area contributed by atoms with Crippen molar-refractivity contribution in [3.8, 4) is 0 Å². The van der Waals surface area contributed by atoms with Crippen LogP contribution in [0.25, 0.3) is 12.2 Å². The summed E-state index contributed by atoms with van der Waals surface area (Å²) in [6.45, 7) is 2.01. The number of rotatable bonds is 3. The maximum atomic E-state index is 10.4. The third-order valence-corrected chi connectivity index (χ3v) is 2.60. The van der Waals surface area contributed by atoms with Gasteiger partial charge in [0, 0.05) is 5.56 Å². The van der Waals surface area contributed by atoms with Crippen molar-refractivity contribution in [1.82, 2.24) is 0 Å². The van der Waals surface area contributed by atoms with Crippen LogP contribution in [0, 0.1) is 6.92 Å². The number of aliphatic imine (C=N–C) groups is 1. The Morgan fingerprint density at radius 3 is 2.56 bits per heavy atom. The molecule has 0 saturated heterocycles. The molecular weight excluding hydrogens is 222 g/mol. The van der Waals surface area contributed by atoms with E-state index < -0.39 is 0 Å². The SMILES string of the molecule is Cc1ccc(N=C=O)c(C=Cc2ccccc2)c1. The predicted molar refractivity (Wildman–Crippen MR) is 74.3 cm³/mol. The van der Waals surface area contributed by atoms with Gasteiger partial charge < -0.3 is 0 Å². The first-order valence-corrected chi connectivity index (χ1v) is 5.71. The van der Waals surface area contributed by atoms with E-state index in [1.807, 2.05) is 67.6 Å². The molecule has 2 rings (SSSR count). The Bertz CT molecular complexity index is 608. The Morgan fingerprint density at radius 2 is 1.83 bits per heavy atom. The molecule has 0 radical (unpaired) electrons. The summed E-state index contributed by atoms with van der Waals surface area (Å²) in [5, 5.41) is 0. The molecule has 88 valence electrons. The van der Waals surface area contributed by atoms with Crippen molar-refractivity contribution in [2.24, 2.45) is 4.99 Å². The third-order valence-electron chi connectivity index (χ3n) is 2.60. The molecule has 0 aliphatic carbocycles. The molecule has 0 N–H and O–H groups in total. The first kappa shape index (κ1) is 12.0. The molecule has 2 aromatic rings. The molecule has 0 amide bonds. The number of aryl methyl sites for hydroxylation is 1. The van der Waals surface area contributed by atoms with Crippen LogP contribution >= 0.6 is 0 Å². The van der Waals surface area contributed by atoms with E-state index in [0.717, 1.165) is 16.7 Å². The van der Waals surface area contributed by atoms with Gasteiger partial charge in [-0.05, 0) is 24.6 Å². The predicted octanol–water partition coefficient (Wildman–Crippen LogP) is 4.13. The first-order valence-electron chi connectivity index (χ1n) is 5.71. The molecule has 18 heavy (non-hydrogen) atoms. The molecule has 0 aliphatic rings. The Balaban J connectivity index is 2.36. The molecule has 2 nitrogen and oxygen atoms in total. The molecule has 0 fully saturated rings. The monoisotopic (exact) mass is 235 g/mol. The minimum absolute atomic E-state index is 0.641. The van der Waals surface area contributed by atoms with Gasteiger partial charge in [-0.3, -0.25) is 0 Å². The van der Waals surface area contributed by atoms with Crippen molar-refractivity contribution in [2.45, 2.75) is 6.92 Å². The van der Waals surface area contributed by atoms with Crippen molar-refractivity contribution < 1.29 is 4.79 Å². The highest BCUT2D eigenvalue weighted by Gasteiger charge is 1.98. The lowest BCUT2D eigenvalue weighted by Gasteiger charge is -2.00. The van der Waals surface area contributed by atoms with Crippen molar-refractivity contribution in [2.75, 3.05) is 0 Å². The lowest BCUT2D eigenvalue weighted by molar-refractivity contribution is 0.565. The maximum absolute atomic E-state index is 10.4. The summed E-state index contributed by atoms with van der Waals surface area (Å²) in [6, 6.07) is 15.7. The Hall–Kier alpha value is -2.44. The van der Waals surface area contributed by atoms with Crippen LogP contribution < -0.4 is 0 Å². The molecule has 0 saturated carbocycles. The number of hydrogen-bond acceptors (Lipinski definition) is 2. The molecule has 0 heterocycles. The van der Waals surface area contributed by atoms with E-state index in [4.69, 9.17) is 0 Å². The fourth-order valence-corrected chi connectivity index (χ4v) is 1.71. The van der Waals surface area contributed by atoms with Gasteiger partial charge in [-0.15, -0.1) is 0 Å². The van der Waals surface area contributed by atoms with E-state index in [1.165, 1.54) is 0 Å². The molecule has 0 aromatic heterocycles. The Kier molecular flexibility index (Phi) is 3.85. The van der Waals surface area contributed by atoms with Crippen LogP contribution in [0.15, 0.2) is 53.5 Å². The summed E-state index contributed by atoms with van der Waals surface area (Å²) in [5.74, 6) is 0. The van der Waals surface area contributed by atoms with Crippen LogP contribution in [0.5, 0.6) is 0 Å². The normalized spacial score (nSPS) is 10.3. The largest absolute Gasteiger partial charge is 0.240 e. The second-order valence-corrected chi connectivity index (χ2v) is 4.01. The standard InChI is InChI=1S/C16H13NO/c1-13-7-10-16(17-12-18)15(11-13)9-8-14-5-3-2-4-6-14/h2-11H,1H3. The van der Waals surface area contributed by atoms with Gasteiger partial charge in [-0.25, -0.2) is 4.79 Å². The van der Waals surface area contributed by atoms with Crippen LogP contribution in [0.3, 0.4) is 0 Å². The molecule has 0 bridgehead atoms. The number of isocyanates is 1. The van der Waals surface area contributed by atoms with Gasteiger partial charge in [0.25, 0.3) is 0 Å². The van der Waals surface area contributed by atoms with Gasteiger partial charge in [-0.2, -0.15) is 4.99 Å². The van der Waals surface area contributed by atoms with E-state index in [-0.39, 0.29) is 0 Å². The van der Waals surface area contributed by atoms with Gasteiger partial charge in [0.2, 0.25) is 6.08 Å². The van der Waals surface area contributed by atoms with E-state index >= 15 is 0 Å². The van der Waals surface area contributed by atoms with Gasteiger partial charge >= 0.3 is 0 Å². The second kappa shape index (κ2) is 5.76. The van der Waals surface area contributed by atoms with Crippen LogP contribution in [-0.4, -0.2) is 6.08 Å². The second-order valence-electron chi connectivity index (χ2n) is 4.01. The highest BCUT2D eigenvalue weighted by atomic mass is 16.1. The lowest BCUT2D eigenvalue weighted by atomic mass is 10.1. The molecule has 0 aliphatic heterocycles. The highest BCUT2D eigenvalue weighted by molar-refractivity contribution is 5.76. The van der Waals surface area contributed by atoms with Gasteiger partial charge in [-0.1, -0.05) is 54.1 Å². The number of carbonyl (C=O) groups excluding carboxylic acids is 1. The lowest BCUT2D eigenvalue weighted by Crippen LogP contribution is -1.78. The van der Waals surface area contributed by atoms with Crippen molar-refractivity contribution in [1.29, 1.82) is 0 Å². The smallest absolute Gasteiger partial charge is 0.211 e. The maximum Gasteiger partial charge on any atom is 0.240 e. The van der Waals surface area contributed by atoms with Gasteiger partial charge in [0.1, 0.15) is 0 Å². The molecule has 2 aromatic carbocycles. The number of nitrogens with zero attached hydrogens (tertiary/aromatic N) is 1. The van der Waals surface area contributed by atoms with E-state index in [1.54, 1.807) is 6.08 Å². The molecular formula is C16H13NO. The van der Waals surface area contributed by atoms with E-state index in [9.17, 15) is 4.79 Å². The van der Waals surface area contributed by atoms with Crippen LogP contribution in [-0.2, 0) is 4.79 Å². The Morgan fingerprint density at radius 1 is 1.06 bits per heavy atom. The molecule has 0 atom stereocenters. The van der Waals surface area contributed by atoms with Gasteiger partial charge in [0.05, 0.1) is 5.69 Å². The molecule has 0 spiro atoms. The summed E-state index contributed by atoms with van der Waals surface area (Å²) in [4.78, 5) is 14.1. The summed E-state index contributed by atoms with van der Waals surface area (Å²) >= 11 is 0. The van der Waals surface area contributed by atoms with Crippen molar-refractivity contribution in [3.05, 3.63) is 65.2 Å². The Labute approximate surface area is 106 Å². The quantitative estimate of drug-likeness (QED) is 0.446. The highest BCUT2D eigenvalue weighted by Crippen LogP contribution is 2.22. The van der Waals surface area contributed by atoms with Crippen LogP contribution in [0.1, 0.15) is 16.7 Å². The average molecular weight is 235 g/mol. The van der Waals surface area contributed by atoms with Crippen LogP contribution in [0.2, 0.25) is 0 Å². The van der Waals surface area contributed by atoms with Gasteiger partial charge in [0.15, 0.2) is 0 Å². The van der Waals surface area contributed by atoms with Crippen LogP contribution in [0.4, 0.5) is 5.69 Å². The van der Waals surface area contributed by atoms with E-state index in [0.29, 0.717) is 5.69 Å².